The van der Waals surface area contributed by atoms with Crippen molar-refractivity contribution in [1.29, 1.82) is 5.26 Å². The molecule has 0 aliphatic carbocycles. The molecule has 0 unspecified atom stereocenters. The maximum Gasteiger partial charge on any atom is 0.404 e. The van der Waals surface area contributed by atoms with E-state index in [-0.39, 0.29) is 35.9 Å². The standard InChI is InChI=1S/C20H19ClF3N3O5S/c1-18-7-13(26-33(29,30)9-20(22,23)24)19(32-18)4-5-31-17-15(19)14(18)16(28)27(17)11-3-2-10(8-25)12(21)6-11/h2-3,6,13-15,17,26H,4-5,7,9H2,1H3/t13-,14+,15-,17-,18+,19-/m0/s1. The summed E-state index contributed by atoms with van der Waals surface area (Å²) in [6.07, 6.45) is -5.40. The van der Waals surface area contributed by atoms with Crippen LogP contribution in [0, 0.1) is 23.2 Å². The molecule has 4 heterocycles. The minimum absolute atomic E-state index is 0.0612. The molecular weight excluding hydrogens is 487 g/mol. The highest BCUT2D eigenvalue weighted by molar-refractivity contribution is 7.89. The zero-order valence-corrected chi connectivity index (χ0v) is 18.8. The third kappa shape index (κ3) is 3.36. The van der Waals surface area contributed by atoms with Crippen molar-refractivity contribution < 1.29 is 35.9 Å². The van der Waals surface area contributed by atoms with Gasteiger partial charge in [-0.05, 0) is 31.5 Å². The molecule has 13 heteroatoms. The number of nitrogens with one attached hydrogen (secondary N) is 1. The van der Waals surface area contributed by atoms with Crippen LogP contribution in [0.3, 0.4) is 0 Å². The van der Waals surface area contributed by atoms with Crippen molar-refractivity contribution in [3.63, 3.8) is 0 Å². The van der Waals surface area contributed by atoms with Gasteiger partial charge >= 0.3 is 6.18 Å². The quantitative estimate of drug-likeness (QED) is 0.672. The molecule has 1 amide bonds. The van der Waals surface area contributed by atoms with E-state index in [1.54, 1.807) is 13.0 Å². The van der Waals surface area contributed by atoms with Crippen LogP contribution in [0.25, 0.3) is 0 Å². The number of benzene rings is 1. The van der Waals surface area contributed by atoms with Gasteiger partial charge < -0.3 is 9.47 Å². The van der Waals surface area contributed by atoms with Crippen molar-refractivity contribution in [2.45, 2.75) is 49.4 Å². The second kappa shape index (κ2) is 7.05. The average Bonchev–Trinajstić information content (AvgIpc) is 3.23. The molecule has 4 aliphatic rings. The Morgan fingerprint density at radius 1 is 1.39 bits per heavy atom. The van der Waals surface area contributed by atoms with Gasteiger partial charge in [-0.2, -0.15) is 18.4 Å². The highest BCUT2D eigenvalue weighted by Gasteiger charge is 2.78. The molecule has 1 aromatic carbocycles. The fourth-order valence-corrected chi connectivity index (χ4v) is 7.53. The molecule has 8 nitrogen and oxygen atoms in total. The molecule has 1 N–H and O–H groups in total. The van der Waals surface area contributed by atoms with Crippen molar-refractivity contribution in [1.82, 2.24) is 4.72 Å². The van der Waals surface area contributed by atoms with E-state index in [0.29, 0.717) is 5.69 Å². The van der Waals surface area contributed by atoms with Gasteiger partial charge in [0.2, 0.25) is 15.9 Å². The molecular formula is C20H19ClF3N3O5S. The Labute approximate surface area is 192 Å². The molecule has 2 bridgehead atoms. The van der Waals surface area contributed by atoms with E-state index in [1.807, 2.05) is 6.07 Å². The molecule has 1 aromatic rings. The average molecular weight is 506 g/mol. The van der Waals surface area contributed by atoms with E-state index >= 15 is 0 Å². The number of hydrogen-bond donors (Lipinski definition) is 1. The topological polar surface area (TPSA) is 109 Å². The number of nitrogens with zero attached hydrogens (tertiary/aromatic N) is 2. The Kier molecular flexibility index (Phi) is 4.89. The van der Waals surface area contributed by atoms with Crippen molar-refractivity contribution in [3.05, 3.63) is 28.8 Å². The molecule has 0 aromatic heterocycles. The van der Waals surface area contributed by atoms with E-state index in [0.717, 1.165) is 0 Å². The Bertz CT molecular complexity index is 1190. The number of alkyl halides is 3. The normalized spacial score (nSPS) is 37.3. The number of fused-ring (bicyclic) bond motifs is 2. The van der Waals surface area contributed by atoms with Crippen LogP contribution >= 0.6 is 11.6 Å². The summed E-state index contributed by atoms with van der Waals surface area (Å²) in [5.74, 6) is -3.55. The SMILES string of the molecule is C[C@@]12C[C@H](NS(=O)(=O)CC(F)(F)F)[C@]3(CCO[C@H]4[C@@H]3[C@@H]1C(=O)N4c1ccc(C#N)c(Cl)c1)O2. The summed E-state index contributed by atoms with van der Waals surface area (Å²) in [7, 11) is -4.68. The van der Waals surface area contributed by atoms with Gasteiger partial charge in [-0.1, -0.05) is 11.6 Å². The second-order valence-corrected chi connectivity index (χ2v) is 11.3. The van der Waals surface area contributed by atoms with Crippen LogP contribution < -0.4 is 9.62 Å². The molecule has 4 aliphatic heterocycles. The molecule has 178 valence electrons. The molecule has 1 spiro atoms. The smallest absolute Gasteiger partial charge is 0.366 e. The van der Waals surface area contributed by atoms with Gasteiger partial charge in [0.15, 0.2) is 5.75 Å². The predicted molar refractivity (Wildman–Crippen MR) is 109 cm³/mol. The minimum atomic E-state index is -4.89. The maximum atomic E-state index is 13.5. The lowest BCUT2D eigenvalue weighted by atomic mass is 9.64. The highest BCUT2D eigenvalue weighted by Crippen LogP contribution is 2.65. The fraction of sp³-hybridized carbons (Fsp3) is 0.600. The predicted octanol–water partition coefficient (Wildman–Crippen LogP) is 2.32. The third-order valence-electron chi connectivity index (χ3n) is 7.08. The summed E-state index contributed by atoms with van der Waals surface area (Å²) in [5.41, 5.74) is -1.60. The van der Waals surface area contributed by atoms with Crippen molar-refractivity contribution in [2.24, 2.45) is 11.8 Å². The lowest BCUT2D eigenvalue weighted by molar-refractivity contribution is -0.143. The Morgan fingerprint density at radius 2 is 2.12 bits per heavy atom. The zero-order valence-electron chi connectivity index (χ0n) is 17.2. The fourth-order valence-electron chi connectivity index (χ4n) is 6.08. The van der Waals surface area contributed by atoms with E-state index in [1.165, 1.54) is 17.0 Å². The highest BCUT2D eigenvalue weighted by atomic mass is 35.5. The number of hydrogen-bond acceptors (Lipinski definition) is 6. The molecule has 0 radical (unpaired) electrons. The first-order chi connectivity index (χ1) is 15.3. The van der Waals surface area contributed by atoms with Crippen LogP contribution in [-0.2, 0) is 24.3 Å². The lowest BCUT2D eigenvalue weighted by Gasteiger charge is -2.45. The molecule has 5 rings (SSSR count). The van der Waals surface area contributed by atoms with Gasteiger partial charge in [0.1, 0.15) is 12.3 Å². The number of halogens is 4. The molecule has 33 heavy (non-hydrogen) atoms. The zero-order chi connectivity index (χ0) is 24.0. The number of sulfonamides is 1. The summed E-state index contributed by atoms with van der Waals surface area (Å²) in [6.45, 7) is 1.80. The number of carbonyl (C=O) groups is 1. The van der Waals surface area contributed by atoms with Crippen LogP contribution in [0.15, 0.2) is 18.2 Å². The van der Waals surface area contributed by atoms with Crippen molar-refractivity contribution in [2.75, 3.05) is 17.3 Å². The van der Waals surface area contributed by atoms with Gasteiger partial charge in [-0.3, -0.25) is 9.69 Å². The van der Waals surface area contributed by atoms with E-state index < -0.39 is 57.3 Å². The Morgan fingerprint density at radius 3 is 2.76 bits per heavy atom. The van der Waals surface area contributed by atoms with E-state index in [4.69, 9.17) is 26.3 Å². The Hall–Kier alpha value is -1.91. The van der Waals surface area contributed by atoms with E-state index in [2.05, 4.69) is 4.72 Å². The summed E-state index contributed by atoms with van der Waals surface area (Å²) in [5, 5.41) is 9.28. The Balaban J connectivity index is 1.51. The number of ether oxygens (including phenoxy) is 2. The first kappa shape index (κ1) is 22.9. The summed E-state index contributed by atoms with van der Waals surface area (Å²) in [4.78, 5) is 15.0. The van der Waals surface area contributed by atoms with Gasteiger partial charge in [0.25, 0.3) is 0 Å². The number of nitriles is 1. The monoisotopic (exact) mass is 505 g/mol. The molecule has 6 atom stereocenters. The first-order valence-electron chi connectivity index (χ1n) is 10.2. The third-order valence-corrected chi connectivity index (χ3v) is 8.74. The molecule has 0 saturated carbocycles. The van der Waals surface area contributed by atoms with Crippen LogP contribution in [0.4, 0.5) is 18.9 Å². The van der Waals surface area contributed by atoms with Crippen molar-refractivity contribution in [3.8, 4) is 6.07 Å². The first-order valence-corrected chi connectivity index (χ1v) is 12.2. The number of rotatable bonds is 4. The summed E-state index contributed by atoms with van der Waals surface area (Å²) >= 11 is 6.16. The van der Waals surface area contributed by atoms with Gasteiger partial charge in [0.05, 0.1) is 40.4 Å². The molecule has 4 saturated heterocycles. The van der Waals surface area contributed by atoms with Gasteiger partial charge in [-0.15, -0.1) is 0 Å². The van der Waals surface area contributed by atoms with Gasteiger partial charge in [0, 0.05) is 18.0 Å². The number of anilines is 1. The van der Waals surface area contributed by atoms with Crippen LogP contribution in [0.5, 0.6) is 0 Å². The number of carbonyl (C=O) groups excluding carboxylic acids is 1. The summed E-state index contributed by atoms with van der Waals surface area (Å²) in [6, 6.07) is 5.56. The van der Waals surface area contributed by atoms with Gasteiger partial charge in [-0.25, -0.2) is 13.1 Å². The minimum Gasteiger partial charge on any atom is -0.366 e. The van der Waals surface area contributed by atoms with Crippen LogP contribution in [0.1, 0.15) is 25.3 Å². The molecule has 4 fully saturated rings. The van der Waals surface area contributed by atoms with E-state index in [9.17, 15) is 26.4 Å². The summed E-state index contributed by atoms with van der Waals surface area (Å²) < 4.78 is 77.2. The number of amides is 1. The maximum absolute atomic E-state index is 13.5. The second-order valence-electron chi connectivity index (χ2n) is 9.12. The van der Waals surface area contributed by atoms with Crippen LogP contribution in [0.2, 0.25) is 5.02 Å². The largest absolute Gasteiger partial charge is 0.404 e. The lowest BCUT2D eigenvalue weighted by Crippen LogP contribution is -2.62. The van der Waals surface area contributed by atoms with Crippen LogP contribution in [-0.4, -0.2) is 56.3 Å². The van der Waals surface area contributed by atoms with Crippen molar-refractivity contribution >= 4 is 33.2 Å².